The van der Waals surface area contributed by atoms with E-state index in [0.29, 0.717) is 35.6 Å². The minimum atomic E-state index is -3.69. The fourth-order valence-corrected chi connectivity index (χ4v) is 5.67. The van der Waals surface area contributed by atoms with Crippen LogP contribution in [0.2, 0.25) is 0 Å². The van der Waals surface area contributed by atoms with Crippen molar-refractivity contribution in [3.63, 3.8) is 0 Å². The first-order valence-electron chi connectivity index (χ1n) is 12.3. The van der Waals surface area contributed by atoms with E-state index in [4.69, 9.17) is 9.84 Å². The summed E-state index contributed by atoms with van der Waals surface area (Å²) < 4.78 is 32.3. The minimum absolute atomic E-state index is 0.207. The van der Waals surface area contributed by atoms with Gasteiger partial charge in [0.2, 0.25) is 16.0 Å². The van der Waals surface area contributed by atoms with E-state index >= 15 is 0 Å². The van der Waals surface area contributed by atoms with Crippen LogP contribution in [0.15, 0.2) is 30.5 Å². The number of anilines is 4. The van der Waals surface area contributed by atoms with Crippen LogP contribution in [0.3, 0.4) is 0 Å². The van der Waals surface area contributed by atoms with Gasteiger partial charge in [0, 0.05) is 32.4 Å². The monoisotopic (exact) mass is 516 g/mol. The van der Waals surface area contributed by atoms with Crippen molar-refractivity contribution < 1.29 is 23.1 Å². The summed E-state index contributed by atoms with van der Waals surface area (Å²) >= 11 is 0. The molecule has 1 saturated carbocycles. The minimum Gasteiger partial charge on any atom is -0.395 e. The van der Waals surface area contributed by atoms with Gasteiger partial charge in [0.05, 0.1) is 42.5 Å². The number of nitrogens with one attached hydrogen (secondary N) is 2. The molecule has 0 bridgehead atoms. The van der Waals surface area contributed by atoms with Gasteiger partial charge in [-0.05, 0) is 55.4 Å². The van der Waals surface area contributed by atoms with Crippen molar-refractivity contribution in [2.45, 2.75) is 25.7 Å². The fourth-order valence-electron chi connectivity index (χ4n) is 4.85. The van der Waals surface area contributed by atoms with Crippen LogP contribution in [0.4, 0.5) is 23.1 Å². The third-order valence-electron chi connectivity index (χ3n) is 7.20. The predicted octanol–water partition coefficient (Wildman–Crippen LogP) is 1.68. The molecule has 12 heteroatoms. The average molecular weight is 517 g/mol. The fraction of sp³-hybridized carbons (Fsp3) is 0.542. The molecule has 3 fully saturated rings. The van der Waals surface area contributed by atoms with Gasteiger partial charge >= 0.3 is 0 Å². The largest absolute Gasteiger partial charge is 0.395 e. The van der Waals surface area contributed by atoms with Crippen molar-refractivity contribution in [1.82, 2.24) is 9.97 Å². The molecular weight excluding hydrogens is 484 g/mol. The molecule has 194 valence electrons. The highest BCUT2D eigenvalue weighted by atomic mass is 32.2. The number of ether oxygens (including phenoxy) is 1. The maximum absolute atomic E-state index is 13.4. The first kappa shape index (κ1) is 24.7. The Balaban J connectivity index is 1.38. The number of nitrogens with zero attached hydrogens (tertiary/aromatic N) is 4. The molecule has 2 aromatic rings. The quantitative estimate of drug-likeness (QED) is 0.478. The lowest BCUT2D eigenvalue weighted by Gasteiger charge is -2.35. The molecule has 0 unspecified atom stereocenters. The highest BCUT2D eigenvalue weighted by Crippen LogP contribution is 2.54. The average Bonchev–Trinajstić information content (AvgIpc) is 3.63. The van der Waals surface area contributed by atoms with E-state index in [-0.39, 0.29) is 11.9 Å². The smallest absolute Gasteiger partial charge is 0.260 e. The number of morpholine rings is 1. The number of aliphatic hydroxyl groups is 1. The van der Waals surface area contributed by atoms with E-state index in [1.807, 2.05) is 0 Å². The third kappa shape index (κ3) is 5.71. The normalized spacial score (nSPS) is 19.2. The lowest BCUT2D eigenvalue weighted by Crippen LogP contribution is -2.37. The molecule has 1 spiro atoms. The van der Waals surface area contributed by atoms with Gasteiger partial charge in [0.15, 0.2) is 0 Å². The highest BCUT2D eigenvalue weighted by molar-refractivity contribution is 7.92. The topological polar surface area (TPSA) is 137 Å². The summed E-state index contributed by atoms with van der Waals surface area (Å²) in [5, 5.41) is 11.9. The molecule has 3 N–H and O–H groups in total. The van der Waals surface area contributed by atoms with Crippen LogP contribution in [0.25, 0.3) is 0 Å². The summed E-state index contributed by atoms with van der Waals surface area (Å²) in [6.07, 6.45) is 6.24. The standard InChI is InChI=1S/C24H32N6O5S/c31-13-16-36(33,34)28-18-1-2-19(20(17-18)29-9-6-24(4-5-24)7-10-29)22(32)27-23-25-8-3-21(26-23)30-11-14-35-15-12-30/h1-3,8,17,28,31H,4-7,9-16H2,(H,25,26,27,32). The van der Waals surface area contributed by atoms with Crippen LogP contribution in [0, 0.1) is 5.41 Å². The first-order chi connectivity index (χ1) is 17.4. The molecular formula is C24H32N6O5S. The van der Waals surface area contributed by atoms with E-state index in [1.54, 1.807) is 30.5 Å². The Morgan fingerprint density at radius 1 is 1.06 bits per heavy atom. The molecule has 36 heavy (non-hydrogen) atoms. The number of carbonyl (C=O) groups excluding carboxylic acids is 1. The van der Waals surface area contributed by atoms with Gasteiger partial charge in [0.25, 0.3) is 5.91 Å². The van der Waals surface area contributed by atoms with Gasteiger partial charge in [-0.15, -0.1) is 0 Å². The highest BCUT2D eigenvalue weighted by Gasteiger charge is 2.44. The molecule has 0 radical (unpaired) electrons. The molecule has 1 aromatic heterocycles. The van der Waals surface area contributed by atoms with E-state index in [0.717, 1.165) is 44.8 Å². The zero-order valence-electron chi connectivity index (χ0n) is 20.1. The van der Waals surface area contributed by atoms with Gasteiger partial charge < -0.3 is 19.6 Å². The Kier molecular flexibility index (Phi) is 7.00. The Bertz CT molecular complexity index is 1200. The second-order valence-electron chi connectivity index (χ2n) is 9.66. The summed E-state index contributed by atoms with van der Waals surface area (Å²) in [5.41, 5.74) is 1.89. The second kappa shape index (κ2) is 10.2. The Labute approximate surface area is 210 Å². The van der Waals surface area contributed by atoms with Crippen molar-refractivity contribution in [2.24, 2.45) is 5.41 Å². The lowest BCUT2D eigenvalue weighted by molar-refractivity contribution is 0.102. The number of hydrogen-bond donors (Lipinski definition) is 3. The predicted molar refractivity (Wildman–Crippen MR) is 137 cm³/mol. The van der Waals surface area contributed by atoms with Crippen molar-refractivity contribution in [1.29, 1.82) is 0 Å². The number of benzene rings is 1. The summed E-state index contributed by atoms with van der Waals surface area (Å²) in [6.45, 7) is 3.82. The summed E-state index contributed by atoms with van der Waals surface area (Å²) in [7, 11) is -3.69. The zero-order valence-corrected chi connectivity index (χ0v) is 21.0. The molecule has 3 aliphatic rings. The van der Waals surface area contributed by atoms with Gasteiger partial charge in [-0.3, -0.25) is 14.8 Å². The van der Waals surface area contributed by atoms with E-state index in [1.165, 1.54) is 12.8 Å². The number of amides is 1. The number of hydrogen-bond acceptors (Lipinski definition) is 9. The molecule has 11 nitrogen and oxygen atoms in total. The molecule has 1 aliphatic carbocycles. The second-order valence-corrected chi connectivity index (χ2v) is 11.5. The SMILES string of the molecule is O=C(Nc1nccc(N2CCOCC2)n1)c1ccc(NS(=O)(=O)CCO)cc1N1CCC2(CC1)CC2. The number of sulfonamides is 1. The molecule has 2 aliphatic heterocycles. The summed E-state index contributed by atoms with van der Waals surface area (Å²) in [5.74, 6) is 0.176. The Morgan fingerprint density at radius 3 is 2.50 bits per heavy atom. The zero-order chi connectivity index (χ0) is 25.2. The number of aromatic nitrogens is 2. The van der Waals surface area contributed by atoms with Crippen LogP contribution < -0.4 is 19.8 Å². The number of aliphatic hydroxyl groups excluding tert-OH is 1. The van der Waals surface area contributed by atoms with Gasteiger partial charge in [-0.2, -0.15) is 4.98 Å². The van der Waals surface area contributed by atoms with Crippen LogP contribution in [-0.4, -0.2) is 81.2 Å². The Morgan fingerprint density at radius 2 is 1.81 bits per heavy atom. The van der Waals surface area contributed by atoms with Crippen LogP contribution in [-0.2, 0) is 14.8 Å². The van der Waals surface area contributed by atoms with E-state index in [2.05, 4.69) is 29.8 Å². The number of carbonyl (C=O) groups is 1. The third-order valence-corrected chi connectivity index (χ3v) is 8.47. The van der Waals surface area contributed by atoms with Crippen LogP contribution >= 0.6 is 0 Å². The van der Waals surface area contributed by atoms with Crippen LogP contribution in [0.5, 0.6) is 0 Å². The molecule has 0 atom stereocenters. The molecule has 1 aromatic carbocycles. The van der Waals surface area contributed by atoms with Gasteiger partial charge in [-0.1, -0.05) is 0 Å². The number of piperidine rings is 1. The molecule has 2 saturated heterocycles. The maximum Gasteiger partial charge on any atom is 0.260 e. The lowest BCUT2D eigenvalue weighted by atomic mass is 9.93. The van der Waals surface area contributed by atoms with Crippen molar-refractivity contribution in [3.05, 3.63) is 36.0 Å². The van der Waals surface area contributed by atoms with Crippen molar-refractivity contribution in [2.75, 3.05) is 71.6 Å². The molecule has 1 amide bonds. The van der Waals surface area contributed by atoms with E-state index in [9.17, 15) is 13.2 Å². The molecule has 5 rings (SSSR count). The van der Waals surface area contributed by atoms with Crippen LogP contribution in [0.1, 0.15) is 36.0 Å². The van der Waals surface area contributed by atoms with Gasteiger partial charge in [0.1, 0.15) is 5.82 Å². The van der Waals surface area contributed by atoms with Crippen molar-refractivity contribution in [3.8, 4) is 0 Å². The summed E-state index contributed by atoms with van der Waals surface area (Å²) in [6, 6.07) is 6.68. The Hall–Kier alpha value is -2.96. The van der Waals surface area contributed by atoms with Crippen molar-refractivity contribution >= 4 is 39.1 Å². The molecule has 3 heterocycles. The first-order valence-corrected chi connectivity index (χ1v) is 14.0. The van der Waals surface area contributed by atoms with E-state index < -0.39 is 22.4 Å². The number of rotatable bonds is 8. The summed E-state index contributed by atoms with van der Waals surface area (Å²) in [4.78, 5) is 26.4. The maximum atomic E-state index is 13.4. The van der Waals surface area contributed by atoms with Gasteiger partial charge in [-0.25, -0.2) is 13.4 Å².